The first-order valence-corrected chi connectivity index (χ1v) is 26.7. The first kappa shape index (κ1) is 48.0. The van der Waals surface area contributed by atoms with Gasteiger partial charge in [-0.1, -0.05) is 162 Å². The number of aryl methyl sites for hydroxylation is 2. The molecule has 0 radical (unpaired) electrons. The van der Waals surface area contributed by atoms with Crippen LogP contribution in [0, 0.1) is 13.8 Å². The van der Waals surface area contributed by atoms with E-state index in [1.165, 1.54) is 55.1 Å². The lowest BCUT2D eigenvalue weighted by Gasteiger charge is -2.50. The van der Waals surface area contributed by atoms with Gasteiger partial charge >= 0.3 is 0 Å². The van der Waals surface area contributed by atoms with Crippen molar-refractivity contribution in [3.63, 3.8) is 0 Å². The topological polar surface area (TPSA) is 38.4 Å². The maximum Gasteiger partial charge on any atom is 0.145 e. The molecule has 0 saturated heterocycles. The third-order valence-corrected chi connectivity index (χ3v) is 16.4. The van der Waals surface area contributed by atoms with E-state index in [0.29, 0.717) is 0 Å². The van der Waals surface area contributed by atoms with Crippen LogP contribution >= 0.6 is 0 Å². The maximum atomic E-state index is 6.01. The Bertz CT molecular complexity index is 3960. The van der Waals surface area contributed by atoms with E-state index in [4.69, 9.17) is 9.98 Å². The Morgan fingerprint density at radius 2 is 1.04 bits per heavy atom. The molecule has 0 fully saturated rings. The zero-order valence-electron chi connectivity index (χ0n) is 45.4. The summed E-state index contributed by atoms with van der Waals surface area (Å²) in [5.41, 5.74) is 17.3. The van der Waals surface area contributed by atoms with Gasteiger partial charge in [-0.15, -0.1) is 0 Å². The quantitative estimate of drug-likeness (QED) is 0.152. The zero-order chi connectivity index (χ0) is 52.2. The number of anilines is 1. The summed E-state index contributed by atoms with van der Waals surface area (Å²) >= 11 is 0. The summed E-state index contributed by atoms with van der Waals surface area (Å²) in [6.07, 6.45) is 1.91. The van der Waals surface area contributed by atoms with Crippen LogP contribution in [-0.4, -0.2) is 31.0 Å². The fourth-order valence-electron chi connectivity index (χ4n) is 12.2. The second-order valence-corrected chi connectivity index (χ2v) is 23.9. The SMILES string of the molecule is Cc1cc(C2=NC(C)(C)[C@](C)(C(c3ccccc3)c3ccccc3)N2c2cc(C(C)(C)C)cc(C(C)(C)C)c2)cc(-n2c3ccc(C)cc3c3ccc(-n4c5ccc(-c6ccccc6)cc5c5cccnc54)cc32)c1. The van der Waals surface area contributed by atoms with Crippen molar-refractivity contribution in [2.24, 2.45) is 4.99 Å². The maximum absolute atomic E-state index is 6.01. The van der Waals surface area contributed by atoms with Gasteiger partial charge in [0.15, 0.2) is 0 Å². The molecule has 1 aliphatic rings. The van der Waals surface area contributed by atoms with E-state index in [9.17, 15) is 0 Å². The van der Waals surface area contributed by atoms with Crippen LogP contribution in [0.1, 0.15) is 107 Å². The predicted molar refractivity (Wildman–Crippen MR) is 318 cm³/mol. The van der Waals surface area contributed by atoms with Gasteiger partial charge in [0.05, 0.1) is 27.6 Å². The molecule has 3 aromatic heterocycles. The van der Waals surface area contributed by atoms with Crippen molar-refractivity contribution in [2.75, 3.05) is 4.90 Å². The number of amidine groups is 1. The number of aliphatic imine (C=N–C) groups is 1. The molecule has 0 unspecified atom stereocenters. The van der Waals surface area contributed by atoms with Crippen LogP contribution in [0.15, 0.2) is 205 Å². The van der Waals surface area contributed by atoms with Crippen molar-refractivity contribution in [3.05, 3.63) is 239 Å². The first-order chi connectivity index (χ1) is 35.9. The fraction of sp³-hybridized carbons (Fsp3) is 0.229. The second kappa shape index (κ2) is 17.6. The lowest BCUT2D eigenvalue weighted by molar-refractivity contribution is 0.279. The molecule has 5 nitrogen and oxygen atoms in total. The molecule has 5 heteroatoms. The van der Waals surface area contributed by atoms with Gasteiger partial charge in [-0.25, -0.2) is 4.98 Å². The number of pyridine rings is 1. The van der Waals surface area contributed by atoms with E-state index in [1.54, 1.807) is 0 Å². The molecule has 75 heavy (non-hydrogen) atoms. The molecule has 0 N–H and O–H groups in total. The van der Waals surface area contributed by atoms with Gasteiger partial charge in [0.25, 0.3) is 0 Å². The zero-order valence-corrected chi connectivity index (χ0v) is 45.4. The number of hydrogen-bond acceptors (Lipinski definition) is 3. The van der Waals surface area contributed by atoms with Gasteiger partial charge in [-0.2, -0.15) is 0 Å². The average Bonchev–Trinajstić information content (AvgIpc) is 4.08. The molecule has 4 heterocycles. The molecule has 1 aliphatic heterocycles. The third kappa shape index (κ3) is 7.98. The van der Waals surface area contributed by atoms with Gasteiger partial charge in [-0.05, 0) is 163 Å². The van der Waals surface area contributed by atoms with Gasteiger partial charge in [-0.3, -0.25) is 9.56 Å². The van der Waals surface area contributed by atoms with Crippen LogP contribution in [0.3, 0.4) is 0 Å². The van der Waals surface area contributed by atoms with Crippen molar-refractivity contribution >= 4 is 55.3 Å². The van der Waals surface area contributed by atoms with Crippen LogP contribution in [0.25, 0.3) is 66.2 Å². The summed E-state index contributed by atoms with van der Waals surface area (Å²) in [6, 6.07) is 72.3. The Hall–Kier alpha value is -8.02. The summed E-state index contributed by atoms with van der Waals surface area (Å²) in [4.78, 5) is 13.7. The highest BCUT2D eigenvalue weighted by Gasteiger charge is 2.58. The second-order valence-electron chi connectivity index (χ2n) is 23.9. The first-order valence-electron chi connectivity index (χ1n) is 26.7. The summed E-state index contributed by atoms with van der Waals surface area (Å²) in [7, 11) is 0. The van der Waals surface area contributed by atoms with Gasteiger partial charge in [0.1, 0.15) is 11.5 Å². The lowest BCUT2D eigenvalue weighted by Crippen LogP contribution is -2.60. The normalized spacial score (nSPS) is 16.0. The summed E-state index contributed by atoms with van der Waals surface area (Å²) in [5.74, 6) is 0.926. The van der Waals surface area contributed by atoms with E-state index in [1.807, 2.05) is 12.3 Å². The molecular formula is C70H67N5. The van der Waals surface area contributed by atoms with Crippen LogP contribution in [-0.2, 0) is 10.8 Å². The smallest absolute Gasteiger partial charge is 0.145 e. The number of hydrogen-bond donors (Lipinski definition) is 0. The molecule has 0 amide bonds. The summed E-state index contributed by atoms with van der Waals surface area (Å²) in [6.45, 7) is 25.6. The minimum absolute atomic E-state index is 0.0453. The molecule has 0 spiro atoms. The Kier molecular flexibility index (Phi) is 11.2. The van der Waals surface area contributed by atoms with Gasteiger partial charge < -0.3 is 9.47 Å². The Morgan fingerprint density at radius 3 is 1.69 bits per heavy atom. The molecule has 8 aromatic carbocycles. The molecule has 0 aliphatic carbocycles. The van der Waals surface area contributed by atoms with E-state index in [0.717, 1.165) is 61.6 Å². The van der Waals surface area contributed by atoms with Crippen molar-refractivity contribution in [1.82, 2.24) is 14.1 Å². The van der Waals surface area contributed by atoms with Crippen molar-refractivity contribution in [3.8, 4) is 22.5 Å². The van der Waals surface area contributed by atoms with E-state index in [2.05, 4.69) is 278 Å². The van der Waals surface area contributed by atoms with Gasteiger partial charge in [0, 0.05) is 56.3 Å². The molecule has 0 saturated carbocycles. The molecule has 11 aromatic rings. The number of fused-ring (bicyclic) bond motifs is 6. The number of benzene rings is 8. The lowest BCUT2D eigenvalue weighted by atomic mass is 9.66. The van der Waals surface area contributed by atoms with Crippen LogP contribution in [0.4, 0.5) is 5.69 Å². The summed E-state index contributed by atoms with van der Waals surface area (Å²) < 4.78 is 4.83. The van der Waals surface area contributed by atoms with Crippen molar-refractivity contribution in [2.45, 2.75) is 104 Å². The fourth-order valence-corrected chi connectivity index (χ4v) is 12.2. The summed E-state index contributed by atoms with van der Waals surface area (Å²) in [5, 5.41) is 4.74. The van der Waals surface area contributed by atoms with Crippen molar-refractivity contribution in [1.29, 1.82) is 0 Å². The highest BCUT2D eigenvalue weighted by Crippen LogP contribution is 2.54. The highest BCUT2D eigenvalue weighted by molar-refractivity contribution is 6.15. The minimum Gasteiger partial charge on any atom is -0.317 e. The van der Waals surface area contributed by atoms with Crippen LogP contribution in [0.5, 0.6) is 0 Å². The standard InChI is InChI=1S/C70H67N5/c1-45-29-33-61-59(38-45)57-32-31-54(74-62-34-30-50(47-22-15-12-16-23-47)40-60(62)58-28-21-35-71-66(58)74)44-63(57)73(61)55-37-46(2)36-51(39-55)65-72-69(9,10)70(11,64(48-24-17-13-18-25-48)49-26-19-14-20-27-49)75(65)56-42-52(67(3,4)5)41-53(43-56)68(6,7)8/h12-44,64H,1-11H3/t70-/m0/s1. The molecule has 12 rings (SSSR count). The predicted octanol–water partition coefficient (Wildman–Crippen LogP) is 17.8. The Balaban J connectivity index is 1.10. The van der Waals surface area contributed by atoms with Crippen molar-refractivity contribution < 1.29 is 0 Å². The van der Waals surface area contributed by atoms with Crippen LogP contribution in [0.2, 0.25) is 0 Å². The van der Waals surface area contributed by atoms with Crippen LogP contribution < -0.4 is 4.90 Å². The number of aromatic nitrogens is 3. The largest absolute Gasteiger partial charge is 0.317 e. The Morgan fingerprint density at radius 1 is 0.427 bits per heavy atom. The Labute approximate surface area is 442 Å². The number of rotatable bonds is 8. The van der Waals surface area contributed by atoms with E-state index < -0.39 is 11.1 Å². The molecule has 0 bridgehead atoms. The average molecular weight is 978 g/mol. The minimum atomic E-state index is -0.585. The number of nitrogens with zero attached hydrogens (tertiary/aromatic N) is 5. The third-order valence-electron chi connectivity index (χ3n) is 16.4. The molecule has 1 atom stereocenters. The van der Waals surface area contributed by atoms with Gasteiger partial charge in [0.2, 0.25) is 0 Å². The monoisotopic (exact) mass is 978 g/mol. The highest BCUT2D eigenvalue weighted by atomic mass is 15.3. The van der Waals surface area contributed by atoms with E-state index >= 15 is 0 Å². The molecule has 372 valence electrons. The van der Waals surface area contributed by atoms with E-state index in [-0.39, 0.29) is 16.7 Å². The molecular weight excluding hydrogens is 911 g/mol.